The molecule has 1 atom stereocenters. The molecular formula is C20H33N3O2. The lowest BCUT2D eigenvalue weighted by molar-refractivity contribution is -0.139. The van der Waals surface area contributed by atoms with E-state index in [2.05, 4.69) is 37.8 Å². The van der Waals surface area contributed by atoms with Crippen molar-refractivity contribution in [3.8, 4) is 5.75 Å². The van der Waals surface area contributed by atoms with Crippen molar-refractivity contribution < 1.29 is 9.53 Å². The summed E-state index contributed by atoms with van der Waals surface area (Å²) in [5.41, 5.74) is 6.93. The van der Waals surface area contributed by atoms with Crippen molar-refractivity contribution in [1.82, 2.24) is 9.80 Å². The number of ether oxygens (including phenoxy) is 1. The summed E-state index contributed by atoms with van der Waals surface area (Å²) in [4.78, 5) is 16.9. The van der Waals surface area contributed by atoms with Gasteiger partial charge in [0, 0.05) is 26.2 Å². The second-order valence-electron chi connectivity index (χ2n) is 7.84. The van der Waals surface area contributed by atoms with Crippen LogP contribution in [0.3, 0.4) is 0 Å². The molecule has 1 aromatic carbocycles. The number of amides is 1. The quantitative estimate of drug-likeness (QED) is 0.857. The Labute approximate surface area is 152 Å². The molecule has 2 N–H and O–H groups in total. The second kappa shape index (κ2) is 8.68. The molecule has 1 saturated heterocycles. The van der Waals surface area contributed by atoms with Gasteiger partial charge in [-0.1, -0.05) is 32.9 Å². The molecule has 1 amide bonds. The van der Waals surface area contributed by atoms with Crippen molar-refractivity contribution in [3.05, 3.63) is 29.8 Å². The van der Waals surface area contributed by atoms with Gasteiger partial charge in [-0.3, -0.25) is 9.69 Å². The Kier molecular flexibility index (Phi) is 6.85. The van der Waals surface area contributed by atoms with E-state index < -0.39 is 6.10 Å². The maximum Gasteiger partial charge on any atom is 0.263 e. The van der Waals surface area contributed by atoms with Gasteiger partial charge in [0.15, 0.2) is 6.10 Å². The first-order valence-corrected chi connectivity index (χ1v) is 9.29. The molecule has 25 heavy (non-hydrogen) atoms. The normalized spacial score (nSPS) is 17.4. The van der Waals surface area contributed by atoms with E-state index in [4.69, 9.17) is 10.5 Å². The summed E-state index contributed by atoms with van der Waals surface area (Å²) in [5, 5.41) is 0. The fourth-order valence-corrected chi connectivity index (χ4v) is 3.05. The van der Waals surface area contributed by atoms with Gasteiger partial charge >= 0.3 is 0 Å². The minimum atomic E-state index is -0.462. The van der Waals surface area contributed by atoms with Gasteiger partial charge in [-0.25, -0.2) is 0 Å². The Morgan fingerprint density at radius 1 is 1.16 bits per heavy atom. The maximum atomic E-state index is 12.6. The standard InChI is InChI=1S/C20H33N3O2/c1-16(25-18-8-6-17(7-9-18)20(2,3)4)19(24)23-14-12-22(13-15-23)11-5-10-21/h6-9,16H,5,10-15,21H2,1-4H3. The predicted octanol–water partition coefficient (Wildman–Crippen LogP) is 2.24. The van der Waals surface area contributed by atoms with Gasteiger partial charge in [0.25, 0.3) is 5.91 Å². The van der Waals surface area contributed by atoms with Crippen LogP contribution in [0.2, 0.25) is 0 Å². The molecule has 0 radical (unpaired) electrons. The van der Waals surface area contributed by atoms with Gasteiger partial charge < -0.3 is 15.4 Å². The second-order valence-corrected chi connectivity index (χ2v) is 7.84. The monoisotopic (exact) mass is 347 g/mol. The van der Waals surface area contributed by atoms with Gasteiger partial charge in [0.05, 0.1) is 0 Å². The van der Waals surface area contributed by atoms with E-state index in [0.29, 0.717) is 0 Å². The number of piperazine rings is 1. The predicted molar refractivity (Wildman–Crippen MR) is 102 cm³/mol. The van der Waals surface area contributed by atoms with E-state index >= 15 is 0 Å². The van der Waals surface area contributed by atoms with Crippen molar-refractivity contribution in [1.29, 1.82) is 0 Å². The molecule has 0 aliphatic carbocycles. The van der Waals surface area contributed by atoms with Crippen molar-refractivity contribution in [2.45, 2.75) is 45.6 Å². The van der Waals surface area contributed by atoms with Gasteiger partial charge in [-0.15, -0.1) is 0 Å². The van der Waals surface area contributed by atoms with Crippen LogP contribution in [0, 0.1) is 0 Å². The van der Waals surface area contributed by atoms with Crippen LogP contribution in [0.25, 0.3) is 0 Å². The Hall–Kier alpha value is -1.59. The largest absolute Gasteiger partial charge is 0.481 e. The molecular weight excluding hydrogens is 314 g/mol. The number of rotatable bonds is 6. The molecule has 1 aliphatic heterocycles. The SMILES string of the molecule is CC(Oc1ccc(C(C)(C)C)cc1)C(=O)N1CCN(CCCN)CC1. The third-order valence-corrected chi connectivity index (χ3v) is 4.74. The van der Waals surface area contributed by atoms with E-state index in [0.717, 1.165) is 51.4 Å². The van der Waals surface area contributed by atoms with E-state index in [-0.39, 0.29) is 11.3 Å². The smallest absolute Gasteiger partial charge is 0.263 e. The molecule has 1 unspecified atom stereocenters. The molecule has 140 valence electrons. The molecule has 5 nitrogen and oxygen atoms in total. The van der Waals surface area contributed by atoms with E-state index in [1.807, 2.05) is 24.0 Å². The Morgan fingerprint density at radius 3 is 2.28 bits per heavy atom. The van der Waals surface area contributed by atoms with Crippen molar-refractivity contribution in [2.75, 3.05) is 39.3 Å². The molecule has 1 aliphatic rings. The summed E-state index contributed by atoms with van der Waals surface area (Å²) in [6.45, 7) is 13.5. The summed E-state index contributed by atoms with van der Waals surface area (Å²) in [7, 11) is 0. The van der Waals surface area contributed by atoms with E-state index in [9.17, 15) is 4.79 Å². The summed E-state index contributed by atoms with van der Waals surface area (Å²) in [6, 6.07) is 8.05. The minimum Gasteiger partial charge on any atom is -0.481 e. The third kappa shape index (κ3) is 5.72. The van der Waals surface area contributed by atoms with Crippen LogP contribution in [0.1, 0.15) is 39.7 Å². The summed E-state index contributed by atoms with van der Waals surface area (Å²) < 4.78 is 5.87. The average Bonchev–Trinajstić information content (AvgIpc) is 2.59. The number of hydrogen-bond acceptors (Lipinski definition) is 4. The molecule has 5 heteroatoms. The van der Waals surface area contributed by atoms with Gasteiger partial charge in [-0.05, 0) is 49.5 Å². The van der Waals surface area contributed by atoms with Gasteiger partial charge in [-0.2, -0.15) is 0 Å². The van der Waals surface area contributed by atoms with Crippen LogP contribution in [0.15, 0.2) is 24.3 Å². The maximum absolute atomic E-state index is 12.6. The van der Waals surface area contributed by atoms with E-state index in [1.54, 1.807) is 0 Å². The number of hydrogen-bond donors (Lipinski definition) is 1. The molecule has 2 rings (SSSR count). The van der Waals surface area contributed by atoms with Gasteiger partial charge in [0.2, 0.25) is 0 Å². The molecule has 1 fully saturated rings. The highest BCUT2D eigenvalue weighted by Gasteiger charge is 2.26. The first kappa shape index (κ1) is 19.7. The lowest BCUT2D eigenvalue weighted by Gasteiger charge is -2.35. The topological polar surface area (TPSA) is 58.8 Å². The lowest BCUT2D eigenvalue weighted by atomic mass is 9.87. The van der Waals surface area contributed by atoms with Crippen LogP contribution >= 0.6 is 0 Å². The van der Waals surface area contributed by atoms with Crippen molar-refractivity contribution in [2.24, 2.45) is 5.73 Å². The highest BCUT2D eigenvalue weighted by Crippen LogP contribution is 2.24. The molecule has 1 aromatic rings. The molecule has 0 bridgehead atoms. The number of nitrogens with two attached hydrogens (primary N) is 1. The Bertz CT molecular complexity index is 543. The van der Waals surface area contributed by atoms with Crippen LogP contribution in [-0.2, 0) is 10.2 Å². The van der Waals surface area contributed by atoms with Crippen LogP contribution in [0.5, 0.6) is 5.75 Å². The zero-order chi connectivity index (χ0) is 18.4. The Balaban J connectivity index is 1.84. The number of carbonyl (C=O) groups is 1. The zero-order valence-electron chi connectivity index (χ0n) is 16.1. The summed E-state index contributed by atoms with van der Waals surface area (Å²) in [5.74, 6) is 0.814. The van der Waals surface area contributed by atoms with Crippen molar-refractivity contribution >= 4 is 5.91 Å². The molecule has 0 saturated carbocycles. The minimum absolute atomic E-state index is 0.0679. The molecule has 1 heterocycles. The highest BCUT2D eigenvalue weighted by molar-refractivity contribution is 5.81. The zero-order valence-corrected chi connectivity index (χ0v) is 16.1. The van der Waals surface area contributed by atoms with Gasteiger partial charge in [0.1, 0.15) is 5.75 Å². The number of carbonyl (C=O) groups excluding carboxylic acids is 1. The Morgan fingerprint density at radius 2 is 1.76 bits per heavy atom. The highest BCUT2D eigenvalue weighted by atomic mass is 16.5. The number of nitrogens with zero attached hydrogens (tertiary/aromatic N) is 2. The van der Waals surface area contributed by atoms with Crippen molar-refractivity contribution in [3.63, 3.8) is 0 Å². The average molecular weight is 348 g/mol. The first-order valence-electron chi connectivity index (χ1n) is 9.29. The fraction of sp³-hybridized carbons (Fsp3) is 0.650. The lowest BCUT2D eigenvalue weighted by Crippen LogP contribution is -2.52. The number of benzene rings is 1. The fourth-order valence-electron chi connectivity index (χ4n) is 3.05. The van der Waals surface area contributed by atoms with Crippen LogP contribution < -0.4 is 10.5 Å². The van der Waals surface area contributed by atoms with Crippen LogP contribution in [-0.4, -0.2) is 61.1 Å². The molecule has 0 spiro atoms. The van der Waals surface area contributed by atoms with E-state index in [1.165, 1.54) is 5.56 Å². The van der Waals surface area contributed by atoms with Crippen LogP contribution in [0.4, 0.5) is 0 Å². The third-order valence-electron chi connectivity index (χ3n) is 4.74. The summed E-state index contributed by atoms with van der Waals surface area (Å²) >= 11 is 0. The summed E-state index contributed by atoms with van der Waals surface area (Å²) in [6.07, 6.45) is 0.550. The molecule has 0 aromatic heterocycles. The first-order chi connectivity index (χ1) is 11.8.